The molecule has 0 unspecified atom stereocenters. The van der Waals surface area contributed by atoms with Crippen LogP contribution < -0.4 is 14.8 Å². The lowest BCUT2D eigenvalue weighted by Crippen LogP contribution is -2.18. The summed E-state index contributed by atoms with van der Waals surface area (Å²) in [7, 11) is 1.56. The third-order valence-corrected chi connectivity index (χ3v) is 4.55. The Morgan fingerprint density at radius 2 is 2.04 bits per heavy atom. The summed E-state index contributed by atoms with van der Waals surface area (Å²) in [5.74, 6) is 0.970. The molecule has 0 atom stereocenters. The molecule has 136 valence electrons. The standard InChI is InChI=1S/C19H20N2O4S/c1-3-25-15-9-8-13(10-16(15)23-2)20-18(22)11-24-12-19-21-14-6-4-5-7-17(14)26-19/h4-10H,3,11-12H2,1-2H3,(H,20,22). The van der Waals surface area contributed by atoms with E-state index in [1.165, 1.54) is 0 Å². The number of aromatic nitrogens is 1. The zero-order chi connectivity index (χ0) is 18.4. The van der Waals surface area contributed by atoms with Crippen LogP contribution in [0.2, 0.25) is 0 Å². The summed E-state index contributed by atoms with van der Waals surface area (Å²) in [4.78, 5) is 16.5. The van der Waals surface area contributed by atoms with Gasteiger partial charge in [0.05, 0.1) is 30.5 Å². The molecule has 7 heteroatoms. The van der Waals surface area contributed by atoms with Gasteiger partial charge in [-0.3, -0.25) is 4.79 Å². The largest absolute Gasteiger partial charge is 0.493 e. The molecule has 1 N–H and O–H groups in total. The van der Waals surface area contributed by atoms with Gasteiger partial charge in [-0.25, -0.2) is 4.98 Å². The molecule has 0 spiro atoms. The number of hydrogen-bond acceptors (Lipinski definition) is 6. The van der Waals surface area contributed by atoms with Crippen LogP contribution in [0.15, 0.2) is 42.5 Å². The van der Waals surface area contributed by atoms with E-state index in [2.05, 4.69) is 10.3 Å². The Labute approximate surface area is 155 Å². The van der Waals surface area contributed by atoms with Gasteiger partial charge in [-0.1, -0.05) is 12.1 Å². The average Bonchev–Trinajstić information content (AvgIpc) is 3.06. The monoisotopic (exact) mass is 372 g/mol. The van der Waals surface area contributed by atoms with Gasteiger partial charge in [-0.15, -0.1) is 11.3 Å². The van der Waals surface area contributed by atoms with Gasteiger partial charge in [0, 0.05) is 11.8 Å². The summed E-state index contributed by atoms with van der Waals surface area (Å²) in [5.41, 5.74) is 1.57. The molecule has 0 saturated carbocycles. The predicted octanol–water partition coefficient (Wildman–Crippen LogP) is 3.86. The Kier molecular flexibility index (Phi) is 6.04. The maximum absolute atomic E-state index is 12.1. The highest BCUT2D eigenvalue weighted by molar-refractivity contribution is 7.18. The molecule has 1 amide bonds. The number of nitrogens with one attached hydrogen (secondary N) is 1. The van der Waals surface area contributed by atoms with Crippen molar-refractivity contribution >= 4 is 33.1 Å². The van der Waals surface area contributed by atoms with Gasteiger partial charge in [0.15, 0.2) is 11.5 Å². The fraction of sp³-hybridized carbons (Fsp3) is 0.263. The predicted molar refractivity (Wildman–Crippen MR) is 102 cm³/mol. The van der Waals surface area contributed by atoms with E-state index in [9.17, 15) is 4.79 Å². The number of thiazole rings is 1. The van der Waals surface area contributed by atoms with E-state index in [4.69, 9.17) is 14.2 Å². The quantitative estimate of drug-likeness (QED) is 0.650. The molecule has 0 fully saturated rings. The summed E-state index contributed by atoms with van der Waals surface area (Å²) < 4.78 is 17.3. The van der Waals surface area contributed by atoms with Gasteiger partial charge in [-0.2, -0.15) is 0 Å². The lowest BCUT2D eigenvalue weighted by atomic mass is 10.2. The van der Waals surface area contributed by atoms with Gasteiger partial charge in [0.1, 0.15) is 11.6 Å². The van der Waals surface area contributed by atoms with Crippen molar-refractivity contribution in [1.29, 1.82) is 0 Å². The molecule has 6 nitrogen and oxygen atoms in total. The highest BCUT2D eigenvalue weighted by Crippen LogP contribution is 2.30. The summed E-state index contributed by atoms with van der Waals surface area (Å²) in [6.45, 7) is 2.70. The molecular weight excluding hydrogens is 352 g/mol. The molecule has 3 rings (SSSR count). The van der Waals surface area contributed by atoms with Gasteiger partial charge in [0.25, 0.3) is 0 Å². The van der Waals surface area contributed by atoms with Crippen LogP contribution in [0.5, 0.6) is 11.5 Å². The van der Waals surface area contributed by atoms with Crippen molar-refractivity contribution in [2.75, 3.05) is 25.6 Å². The van der Waals surface area contributed by atoms with Crippen molar-refractivity contribution in [2.24, 2.45) is 0 Å². The number of nitrogens with zero attached hydrogens (tertiary/aromatic N) is 1. The smallest absolute Gasteiger partial charge is 0.250 e. The minimum Gasteiger partial charge on any atom is -0.493 e. The minimum atomic E-state index is -0.239. The zero-order valence-electron chi connectivity index (χ0n) is 14.7. The number of carbonyl (C=O) groups is 1. The van der Waals surface area contributed by atoms with E-state index in [1.54, 1.807) is 36.6 Å². The van der Waals surface area contributed by atoms with Gasteiger partial charge in [0.2, 0.25) is 5.91 Å². The van der Waals surface area contributed by atoms with Crippen LogP contribution in [0.3, 0.4) is 0 Å². The van der Waals surface area contributed by atoms with Crippen molar-refractivity contribution in [1.82, 2.24) is 4.98 Å². The van der Waals surface area contributed by atoms with E-state index < -0.39 is 0 Å². The van der Waals surface area contributed by atoms with E-state index in [-0.39, 0.29) is 12.5 Å². The molecule has 26 heavy (non-hydrogen) atoms. The molecule has 0 aliphatic carbocycles. The Hall–Kier alpha value is -2.64. The van der Waals surface area contributed by atoms with Crippen LogP contribution in [0.25, 0.3) is 10.2 Å². The number of carbonyl (C=O) groups excluding carboxylic acids is 1. The first-order chi connectivity index (χ1) is 12.7. The maximum atomic E-state index is 12.1. The Balaban J connectivity index is 1.52. The van der Waals surface area contributed by atoms with Crippen molar-refractivity contribution < 1.29 is 19.0 Å². The van der Waals surface area contributed by atoms with Crippen molar-refractivity contribution in [3.63, 3.8) is 0 Å². The summed E-state index contributed by atoms with van der Waals surface area (Å²) in [6, 6.07) is 13.1. The van der Waals surface area contributed by atoms with E-state index in [0.717, 1.165) is 15.2 Å². The second-order valence-electron chi connectivity index (χ2n) is 5.41. The van der Waals surface area contributed by atoms with Crippen molar-refractivity contribution in [3.8, 4) is 11.5 Å². The van der Waals surface area contributed by atoms with Crippen LogP contribution in [-0.4, -0.2) is 31.2 Å². The fourth-order valence-corrected chi connectivity index (χ4v) is 3.33. The van der Waals surface area contributed by atoms with E-state index in [0.29, 0.717) is 30.4 Å². The Bertz CT molecular complexity index is 861. The molecule has 3 aromatic rings. The molecule has 1 aromatic heterocycles. The lowest BCUT2D eigenvalue weighted by Gasteiger charge is -2.11. The first kappa shape index (κ1) is 18.2. The zero-order valence-corrected chi connectivity index (χ0v) is 15.5. The molecular formula is C19H20N2O4S. The molecule has 0 saturated heterocycles. The topological polar surface area (TPSA) is 69.7 Å². The first-order valence-electron chi connectivity index (χ1n) is 8.22. The number of amides is 1. The maximum Gasteiger partial charge on any atom is 0.250 e. The normalized spacial score (nSPS) is 10.7. The number of rotatable bonds is 8. The summed E-state index contributed by atoms with van der Waals surface area (Å²) in [5, 5.41) is 3.63. The Morgan fingerprint density at radius 1 is 1.19 bits per heavy atom. The number of fused-ring (bicyclic) bond motifs is 1. The molecule has 2 aromatic carbocycles. The van der Waals surface area contributed by atoms with E-state index >= 15 is 0 Å². The Morgan fingerprint density at radius 3 is 2.81 bits per heavy atom. The second kappa shape index (κ2) is 8.64. The van der Waals surface area contributed by atoms with Crippen molar-refractivity contribution in [3.05, 3.63) is 47.5 Å². The van der Waals surface area contributed by atoms with Gasteiger partial charge < -0.3 is 19.5 Å². The first-order valence-corrected chi connectivity index (χ1v) is 9.04. The number of ether oxygens (including phenoxy) is 3. The lowest BCUT2D eigenvalue weighted by molar-refractivity contribution is -0.121. The second-order valence-corrected chi connectivity index (χ2v) is 6.53. The van der Waals surface area contributed by atoms with Crippen LogP contribution >= 0.6 is 11.3 Å². The SMILES string of the molecule is CCOc1ccc(NC(=O)COCc2nc3ccccc3s2)cc1OC. The van der Waals surface area contributed by atoms with Crippen LogP contribution in [0.4, 0.5) is 5.69 Å². The van der Waals surface area contributed by atoms with Gasteiger partial charge >= 0.3 is 0 Å². The minimum absolute atomic E-state index is 0.0501. The van der Waals surface area contributed by atoms with Crippen LogP contribution in [-0.2, 0) is 16.1 Å². The number of methoxy groups -OCH3 is 1. The van der Waals surface area contributed by atoms with Crippen molar-refractivity contribution in [2.45, 2.75) is 13.5 Å². The number of hydrogen-bond donors (Lipinski definition) is 1. The molecule has 0 bridgehead atoms. The number of para-hydroxylation sites is 1. The number of anilines is 1. The molecule has 0 aliphatic heterocycles. The van der Waals surface area contributed by atoms with E-state index in [1.807, 2.05) is 31.2 Å². The summed E-state index contributed by atoms with van der Waals surface area (Å²) in [6.07, 6.45) is 0. The summed E-state index contributed by atoms with van der Waals surface area (Å²) >= 11 is 1.57. The highest BCUT2D eigenvalue weighted by atomic mass is 32.1. The molecule has 1 heterocycles. The van der Waals surface area contributed by atoms with Crippen LogP contribution in [0.1, 0.15) is 11.9 Å². The van der Waals surface area contributed by atoms with Crippen LogP contribution in [0, 0.1) is 0 Å². The molecule has 0 aliphatic rings. The molecule has 0 radical (unpaired) electrons. The highest BCUT2D eigenvalue weighted by Gasteiger charge is 2.09. The average molecular weight is 372 g/mol. The number of benzene rings is 2. The third kappa shape index (κ3) is 4.50. The van der Waals surface area contributed by atoms with Gasteiger partial charge in [-0.05, 0) is 31.2 Å². The third-order valence-electron chi connectivity index (χ3n) is 3.54. The fourth-order valence-electron chi connectivity index (χ4n) is 2.43.